The van der Waals surface area contributed by atoms with Crippen LogP contribution in [-0.2, 0) is 9.59 Å². The molecule has 7 nitrogen and oxygen atoms in total. The number of aromatic nitrogens is 1. The van der Waals surface area contributed by atoms with Crippen LogP contribution >= 0.6 is 0 Å². The minimum absolute atomic E-state index is 0.0788. The number of fused-ring (bicyclic) bond motifs is 1. The first-order chi connectivity index (χ1) is 12.6. The number of rotatable bonds is 5. The average Bonchev–Trinajstić information content (AvgIpc) is 3.14. The Bertz CT molecular complexity index is 901. The van der Waals surface area contributed by atoms with Crippen molar-refractivity contribution in [3.8, 4) is 0 Å². The van der Waals surface area contributed by atoms with Gasteiger partial charge >= 0.3 is 11.8 Å². The van der Waals surface area contributed by atoms with E-state index >= 15 is 0 Å². The molecule has 2 amide bonds. The van der Waals surface area contributed by atoms with E-state index in [-0.39, 0.29) is 11.9 Å². The second-order valence-electron chi connectivity index (χ2n) is 6.10. The number of carbonyl (C=O) groups is 2. The molecule has 3 aromatic rings. The van der Waals surface area contributed by atoms with Crippen molar-refractivity contribution in [2.75, 3.05) is 26.0 Å². The third kappa shape index (κ3) is 3.89. The topological polar surface area (TPSA) is 87.5 Å². The fraction of sp³-hybridized carbons (Fsp3) is 0.211. The summed E-state index contributed by atoms with van der Waals surface area (Å²) in [6.07, 6.45) is 1.32. The molecule has 1 heterocycles. The van der Waals surface area contributed by atoms with Gasteiger partial charge in [0.05, 0.1) is 6.04 Å². The number of benzene rings is 2. The van der Waals surface area contributed by atoms with Crippen LogP contribution in [0.5, 0.6) is 0 Å². The highest BCUT2D eigenvalue weighted by atomic mass is 16.5. The highest BCUT2D eigenvalue weighted by Gasteiger charge is 2.20. The summed E-state index contributed by atoms with van der Waals surface area (Å²) in [6.45, 7) is 0.298. The second-order valence-corrected chi connectivity index (χ2v) is 6.10. The molecule has 0 aliphatic heterocycles. The Balaban J connectivity index is 1.72. The van der Waals surface area contributed by atoms with Crippen LogP contribution in [0.4, 0.5) is 5.82 Å². The normalized spacial score (nSPS) is 12.1. The van der Waals surface area contributed by atoms with Gasteiger partial charge in [-0.2, -0.15) is 0 Å². The van der Waals surface area contributed by atoms with Crippen LogP contribution in [0.3, 0.4) is 0 Å². The van der Waals surface area contributed by atoms with E-state index < -0.39 is 11.8 Å². The van der Waals surface area contributed by atoms with E-state index in [2.05, 4.69) is 38.5 Å². The van der Waals surface area contributed by atoms with Crippen LogP contribution in [0.25, 0.3) is 10.8 Å². The smallest absolute Gasteiger partial charge is 0.314 e. The minimum Gasteiger partial charge on any atom is -0.363 e. The Morgan fingerprint density at radius 2 is 1.85 bits per heavy atom. The lowest BCUT2D eigenvalue weighted by molar-refractivity contribution is -0.136. The molecule has 26 heavy (non-hydrogen) atoms. The maximum absolute atomic E-state index is 12.1. The third-order valence-electron chi connectivity index (χ3n) is 4.15. The quantitative estimate of drug-likeness (QED) is 0.687. The van der Waals surface area contributed by atoms with Crippen LogP contribution in [0, 0.1) is 0 Å². The lowest BCUT2D eigenvalue weighted by Gasteiger charge is -2.26. The molecule has 0 radical (unpaired) electrons. The summed E-state index contributed by atoms with van der Waals surface area (Å²) in [5.41, 5.74) is 1.09. The van der Waals surface area contributed by atoms with E-state index in [1.54, 1.807) is 0 Å². The molecule has 1 aromatic heterocycles. The molecule has 1 atom stereocenters. The first kappa shape index (κ1) is 17.6. The Morgan fingerprint density at radius 1 is 1.08 bits per heavy atom. The number of nitrogens with one attached hydrogen (secondary N) is 2. The summed E-state index contributed by atoms with van der Waals surface area (Å²) in [5.74, 6) is -1.31. The number of anilines is 1. The Morgan fingerprint density at radius 3 is 2.58 bits per heavy atom. The van der Waals surface area contributed by atoms with Crippen LogP contribution in [-0.4, -0.2) is 42.5 Å². The third-order valence-corrected chi connectivity index (χ3v) is 4.15. The SMILES string of the molecule is CN(C)[C@H](CNC(=O)C(=O)Nc1ccon1)c1cccc2ccccc12. The van der Waals surface area contributed by atoms with Gasteiger partial charge in [0.1, 0.15) is 6.26 Å². The van der Waals surface area contributed by atoms with E-state index in [1.165, 1.54) is 12.3 Å². The van der Waals surface area contributed by atoms with Crippen LogP contribution in [0.15, 0.2) is 59.3 Å². The van der Waals surface area contributed by atoms with Crippen molar-refractivity contribution in [1.82, 2.24) is 15.4 Å². The second kappa shape index (κ2) is 7.79. The Hall–Kier alpha value is -3.19. The van der Waals surface area contributed by atoms with Gasteiger partial charge in [-0.25, -0.2) is 0 Å². The average molecular weight is 352 g/mol. The van der Waals surface area contributed by atoms with Crippen LogP contribution < -0.4 is 10.6 Å². The van der Waals surface area contributed by atoms with Crippen molar-refractivity contribution in [2.45, 2.75) is 6.04 Å². The zero-order valence-electron chi connectivity index (χ0n) is 14.6. The van der Waals surface area contributed by atoms with Crippen molar-refractivity contribution in [3.63, 3.8) is 0 Å². The zero-order chi connectivity index (χ0) is 18.5. The molecule has 0 saturated carbocycles. The summed E-state index contributed by atoms with van der Waals surface area (Å²) in [7, 11) is 3.88. The molecule has 3 rings (SSSR count). The largest absolute Gasteiger partial charge is 0.363 e. The molecule has 7 heteroatoms. The van der Waals surface area contributed by atoms with Gasteiger partial charge < -0.3 is 14.7 Å². The molecule has 0 saturated heterocycles. The van der Waals surface area contributed by atoms with E-state index in [0.29, 0.717) is 6.54 Å². The molecule has 134 valence electrons. The van der Waals surface area contributed by atoms with Crippen molar-refractivity contribution >= 4 is 28.4 Å². The lowest BCUT2D eigenvalue weighted by Crippen LogP contribution is -2.40. The summed E-state index contributed by atoms with van der Waals surface area (Å²) < 4.78 is 4.62. The highest BCUT2D eigenvalue weighted by Crippen LogP contribution is 2.26. The maximum atomic E-state index is 12.1. The number of carbonyl (C=O) groups excluding carboxylic acids is 2. The van der Waals surface area contributed by atoms with Crippen LogP contribution in [0.1, 0.15) is 11.6 Å². The van der Waals surface area contributed by atoms with Gasteiger partial charge in [-0.1, -0.05) is 47.6 Å². The standard InChI is InChI=1S/C19H20N4O3/c1-23(2)16(15-9-5-7-13-6-3-4-8-14(13)15)12-20-18(24)19(25)21-17-10-11-26-22-17/h3-11,16H,12H2,1-2H3,(H,20,24)(H,21,22,25)/t16-/m1/s1. The van der Waals surface area contributed by atoms with Gasteiger partial charge in [0, 0.05) is 12.6 Å². The van der Waals surface area contributed by atoms with Crippen molar-refractivity contribution in [1.29, 1.82) is 0 Å². The Kier molecular flexibility index (Phi) is 5.28. The fourth-order valence-electron chi connectivity index (χ4n) is 2.83. The van der Waals surface area contributed by atoms with Crippen molar-refractivity contribution in [2.24, 2.45) is 0 Å². The number of hydrogen-bond acceptors (Lipinski definition) is 5. The minimum atomic E-state index is -0.783. The van der Waals surface area contributed by atoms with E-state index in [4.69, 9.17) is 0 Å². The number of amides is 2. The van der Waals surface area contributed by atoms with Crippen molar-refractivity contribution < 1.29 is 14.1 Å². The predicted octanol–water partition coefficient (Wildman–Crippen LogP) is 2.19. The number of hydrogen-bond donors (Lipinski definition) is 2. The molecular formula is C19H20N4O3. The highest BCUT2D eigenvalue weighted by molar-refractivity contribution is 6.39. The van der Waals surface area contributed by atoms with Gasteiger partial charge in [0.2, 0.25) is 0 Å². The van der Waals surface area contributed by atoms with Gasteiger partial charge in [0.25, 0.3) is 0 Å². The van der Waals surface area contributed by atoms with E-state index in [1.807, 2.05) is 43.3 Å². The molecule has 2 aromatic carbocycles. The molecule has 0 unspecified atom stereocenters. The van der Waals surface area contributed by atoms with Gasteiger partial charge in [-0.15, -0.1) is 0 Å². The number of nitrogens with zero attached hydrogens (tertiary/aromatic N) is 2. The van der Waals surface area contributed by atoms with Gasteiger partial charge in [-0.05, 0) is 30.4 Å². The molecule has 0 fully saturated rings. The number of likely N-dealkylation sites (N-methyl/N-ethyl adjacent to an activating group) is 1. The summed E-state index contributed by atoms with van der Waals surface area (Å²) in [6, 6.07) is 15.6. The lowest BCUT2D eigenvalue weighted by atomic mass is 9.98. The molecule has 0 bridgehead atoms. The first-order valence-corrected chi connectivity index (χ1v) is 8.20. The molecule has 2 N–H and O–H groups in total. The van der Waals surface area contributed by atoms with E-state index in [0.717, 1.165) is 16.3 Å². The monoisotopic (exact) mass is 352 g/mol. The van der Waals surface area contributed by atoms with E-state index in [9.17, 15) is 9.59 Å². The fourth-order valence-corrected chi connectivity index (χ4v) is 2.83. The summed E-state index contributed by atoms with van der Waals surface area (Å²) >= 11 is 0. The van der Waals surface area contributed by atoms with Gasteiger partial charge in [-0.3, -0.25) is 14.9 Å². The summed E-state index contributed by atoms with van der Waals surface area (Å²) in [4.78, 5) is 26.0. The van der Waals surface area contributed by atoms with Crippen molar-refractivity contribution in [3.05, 3.63) is 60.4 Å². The predicted molar refractivity (Wildman–Crippen MR) is 98.5 cm³/mol. The van der Waals surface area contributed by atoms with Gasteiger partial charge in [0.15, 0.2) is 5.82 Å². The first-order valence-electron chi connectivity index (χ1n) is 8.20. The molecule has 0 aliphatic carbocycles. The maximum Gasteiger partial charge on any atom is 0.314 e. The summed E-state index contributed by atoms with van der Waals surface area (Å²) in [5, 5.41) is 10.9. The molecular weight excluding hydrogens is 332 g/mol. The van der Waals surface area contributed by atoms with Crippen LogP contribution in [0.2, 0.25) is 0 Å². The molecule has 0 spiro atoms. The Labute approximate surface area is 151 Å². The zero-order valence-corrected chi connectivity index (χ0v) is 14.6. The molecule has 0 aliphatic rings.